The predicted octanol–water partition coefficient (Wildman–Crippen LogP) is 1.95. The molecule has 0 bridgehead atoms. The highest BCUT2D eigenvalue weighted by Crippen LogP contribution is 2.33. The molecule has 5 nitrogen and oxygen atoms in total. The van der Waals surface area contributed by atoms with Gasteiger partial charge in [0.1, 0.15) is 12.1 Å². The largest absolute Gasteiger partial charge is 0.368 e. The number of rotatable bonds is 2. The third-order valence-electron chi connectivity index (χ3n) is 3.99. The average molecular weight is 280 g/mol. The molecule has 0 aliphatic carbocycles. The zero-order valence-corrected chi connectivity index (χ0v) is 11.6. The lowest BCUT2D eigenvalue weighted by Crippen LogP contribution is -2.48. The highest BCUT2D eigenvalue weighted by molar-refractivity contribution is 5.97. The van der Waals surface area contributed by atoms with Crippen LogP contribution in [0.5, 0.6) is 0 Å². The summed E-state index contributed by atoms with van der Waals surface area (Å²) in [5.41, 5.74) is 7.64. The van der Waals surface area contributed by atoms with Crippen molar-refractivity contribution < 1.29 is 4.79 Å². The van der Waals surface area contributed by atoms with E-state index in [1.54, 1.807) is 6.20 Å². The number of carbonyl (C=O) groups excluding carboxylic acids is 1. The highest BCUT2D eigenvalue weighted by atomic mass is 16.1. The zero-order valence-electron chi connectivity index (χ0n) is 11.6. The maximum absolute atomic E-state index is 11.8. The van der Waals surface area contributed by atoms with E-state index in [1.165, 1.54) is 0 Å². The number of hydrogen-bond acceptors (Lipinski definition) is 4. The fourth-order valence-electron chi connectivity index (χ4n) is 3.01. The Balaban J connectivity index is 2.22. The van der Waals surface area contributed by atoms with Crippen molar-refractivity contribution in [2.45, 2.75) is 25.3 Å². The number of fused-ring (bicyclic) bond motifs is 1. The first kappa shape index (κ1) is 13.4. The molecule has 1 saturated heterocycles. The van der Waals surface area contributed by atoms with Crippen LogP contribution in [0.25, 0.3) is 10.9 Å². The third-order valence-corrected chi connectivity index (χ3v) is 3.99. The lowest BCUT2D eigenvalue weighted by Gasteiger charge is -2.36. The molecule has 5 heteroatoms. The summed E-state index contributed by atoms with van der Waals surface area (Å²) in [6.07, 6.45) is 4.28. The average Bonchev–Trinajstić information content (AvgIpc) is 2.53. The minimum absolute atomic E-state index is 0.334. The molecule has 0 saturated carbocycles. The summed E-state index contributed by atoms with van der Waals surface area (Å²) in [4.78, 5) is 18.0. The molecule has 1 aromatic carbocycles. The number of nitriles is 1. The maximum atomic E-state index is 11.8. The van der Waals surface area contributed by atoms with Gasteiger partial charge in [0.2, 0.25) is 5.91 Å². The number of amides is 1. The first-order chi connectivity index (χ1) is 10.2. The molecule has 1 amide bonds. The van der Waals surface area contributed by atoms with E-state index in [9.17, 15) is 10.1 Å². The number of nitrogens with zero attached hydrogens (tertiary/aromatic N) is 3. The molecule has 1 aliphatic heterocycles. The van der Waals surface area contributed by atoms with Gasteiger partial charge in [0.25, 0.3) is 0 Å². The van der Waals surface area contributed by atoms with Gasteiger partial charge in [-0.25, -0.2) is 0 Å². The number of anilines is 1. The van der Waals surface area contributed by atoms with Crippen molar-refractivity contribution in [3.63, 3.8) is 0 Å². The highest BCUT2D eigenvalue weighted by Gasteiger charge is 2.29. The van der Waals surface area contributed by atoms with Gasteiger partial charge in [-0.2, -0.15) is 5.26 Å². The van der Waals surface area contributed by atoms with Crippen LogP contribution in [0.4, 0.5) is 5.69 Å². The summed E-state index contributed by atoms with van der Waals surface area (Å²) in [7, 11) is 0. The van der Waals surface area contributed by atoms with Gasteiger partial charge in [0, 0.05) is 18.1 Å². The van der Waals surface area contributed by atoms with E-state index in [4.69, 9.17) is 5.73 Å². The Labute approximate surface area is 123 Å². The Morgan fingerprint density at radius 2 is 2.19 bits per heavy atom. The Morgan fingerprint density at radius 3 is 2.95 bits per heavy atom. The topological polar surface area (TPSA) is 83.0 Å². The Morgan fingerprint density at radius 1 is 1.38 bits per heavy atom. The smallest absolute Gasteiger partial charge is 0.240 e. The molecule has 0 spiro atoms. The van der Waals surface area contributed by atoms with Gasteiger partial charge >= 0.3 is 0 Å². The molecule has 2 heterocycles. The molecule has 106 valence electrons. The molecule has 21 heavy (non-hydrogen) atoms. The van der Waals surface area contributed by atoms with E-state index in [0.29, 0.717) is 5.56 Å². The van der Waals surface area contributed by atoms with Gasteiger partial charge in [-0.3, -0.25) is 9.78 Å². The summed E-state index contributed by atoms with van der Waals surface area (Å²) in [6, 6.07) is 9.50. The Kier molecular flexibility index (Phi) is 3.44. The minimum Gasteiger partial charge on any atom is -0.368 e. The summed E-state index contributed by atoms with van der Waals surface area (Å²) in [5, 5.41) is 10.3. The van der Waals surface area contributed by atoms with E-state index in [-0.39, 0.29) is 11.9 Å². The van der Waals surface area contributed by atoms with Gasteiger partial charge in [-0.1, -0.05) is 18.2 Å². The minimum atomic E-state index is -0.350. The second-order valence-corrected chi connectivity index (χ2v) is 5.26. The predicted molar refractivity (Wildman–Crippen MR) is 80.6 cm³/mol. The maximum Gasteiger partial charge on any atom is 0.240 e. The van der Waals surface area contributed by atoms with Crippen LogP contribution in [0.15, 0.2) is 30.5 Å². The molecule has 3 rings (SSSR count). The van der Waals surface area contributed by atoms with Gasteiger partial charge in [-0.05, 0) is 25.3 Å². The molecule has 2 N–H and O–H groups in total. The third kappa shape index (κ3) is 2.29. The molecule has 1 unspecified atom stereocenters. The fourth-order valence-corrected chi connectivity index (χ4v) is 3.01. The number of primary amides is 1. The van der Waals surface area contributed by atoms with Gasteiger partial charge in [-0.15, -0.1) is 0 Å². The molecule has 1 atom stereocenters. The van der Waals surface area contributed by atoms with Gasteiger partial charge in [0.15, 0.2) is 0 Å². The number of benzene rings is 1. The number of hydrogen-bond donors (Lipinski definition) is 1. The van der Waals surface area contributed by atoms with Crippen LogP contribution in [-0.4, -0.2) is 23.5 Å². The zero-order chi connectivity index (χ0) is 14.8. The Hall–Kier alpha value is -2.61. The number of piperidine rings is 1. The van der Waals surface area contributed by atoms with Crippen molar-refractivity contribution in [3.05, 3.63) is 36.0 Å². The second-order valence-electron chi connectivity index (χ2n) is 5.26. The number of para-hydroxylation sites is 1. The van der Waals surface area contributed by atoms with Crippen molar-refractivity contribution in [1.82, 2.24) is 4.98 Å². The lowest BCUT2D eigenvalue weighted by molar-refractivity contribution is -0.119. The van der Waals surface area contributed by atoms with Crippen LogP contribution in [0.2, 0.25) is 0 Å². The quantitative estimate of drug-likeness (QED) is 0.911. The summed E-state index contributed by atoms with van der Waals surface area (Å²) in [6.45, 7) is 0.732. The van der Waals surface area contributed by atoms with Crippen molar-refractivity contribution >= 4 is 22.5 Å². The molecule has 2 aromatic rings. The normalized spacial score (nSPS) is 18.4. The number of carbonyl (C=O) groups is 1. The molecule has 1 aliphatic rings. The van der Waals surface area contributed by atoms with Crippen LogP contribution >= 0.6 is 0 Å². The molecule has 1 fully saturated rings. The van der Waals surface area contributed by atoms with Crippen LogP contribution in [0.1, 0.15) is 24.8 Å². The summed E-state index contributed by atoms with van der Waals surface area (Å²) < 4.78 is 0. The van der Waals surface area contributed by atoms with E-state index in [2.05, 4.69) is 11.1 Å². The van der Waals surface area contributed by atoms with Crippen LogP contribution in [0, 0.1) is 11.3 Å². The van der Waals surface area contributed by atoms with Gasteiger partial charge in [0.05, 0.1) is 16.8 Å². The molecule has 0 radical (unpaired) electrons. The van der Waals surface area contributed by atoms with Gasteiger partial charge < -0.3 is 10.6 Å². The summed E-state index contributed by atoms with van der Waals surface area (Å²) in [5.74, 6) is -0.334. The van der Waals surface area contributed by atoms with E-state index < -0.39 is 0 Å². The fraction of sp³-hybridized carbons (Fsp3) is 0.312. The van der Waals surface area contributed by atoms with Crippen molar-refractivity contribution in [3.8, 4) is 6.07 Å². The number of aromatic nitrogens is 1. The van der Waals surface area contributed by atoms with E-state index in [0.717, 1.165) is 42.4 Å². The van der Waals surface area contributed by atoms with Crippen molar-refractivity contribution in [1.29, 1.82) is 5.26 Å². The second kappa shape index (κ2) is 5.41. The lowest BCUT2D eigenvalue weighted by atomic mass is 9.98. The Bertz CT molecular complexity index is 735. The van der Waals surface area contributed by atoms with Crippen LogP contribution in [0.3, 0.4) is 0 Å². The van der Waals surface area contributed by atoms with Crippen molar-refractivity contribution in [2.75, 3.05) is 11.4 Å². The van der Waals surface area contributed by atoms with Crippen molar-refractivity contribution in [2.24, 2.45) is 5.73 Å². The molecule has 1 aromatic heterocycles. The first-order valence-corrected chi connectivity index (χ1v) is 7.06. The SMILES string of the molecule is N#Cc1cnc2ccccc2c1N1CCCCC1C(N)=O. The van der Waals surface area contributed by atoms with E-state index in [1.807, 2.05) is 29.2 Å². The standard InChI is InChI=1S/C16H16N4O/c17-9-11-10-19-13-6-2-1-5-12(13)15(11)20-8-4-3-7-14(20)16(18)21/h1-2,5-6,10,14H,3-4,7-8H2,(H2,18,21). The molecular weight excluding hydrogens is 264 g/mol. The summed E-state index contributed by atoms with van der Waals surface area (Å²) >= 11 is 0. The molecular formula is C16H16N4O. The number of pyridine rings is 1. The van der Waals surface area contributed by atoms with Crippen LogP contribution in [-0.2, 0) is 4.79 Å². The first-order valence-electron chi connectivity index (χ1n) is 7.06. The van der Waals surface area contributed by atoms with E-state index >= 15 is 0 Å². The number of nitrogens with two attached hydrogens (primary N) is 1. The monoisotopic (exact) mass is 280 g/mol. The van der Waals surface area contributed by atoms with Crippen LogP contribution < -0.4 is 10.6 Å².